The molecule has 0 aromatic heterocycles. The van der Waals surface area contributed by atoms with Crippen LogP contribution in [-0.4, -0.2) is 0 Å². The Morgan fingerprint density at radius 2 is 1.20 bits per heavy atom. The molecule has 0 aliphatic carbocycles. The van der Waals surface area contributed by atoms with Crippen molar-refractivity contribution in [2.24, 2.45) is 0 Å². The molecule has 0 aliphatic heterocycles. The second-order valence-electron chi connectivity index (χ2n) is 2.85. The summed E-state index contributed by atoms with van der Waals surface area (Å²) in [5, 5.41) is 0. The van der Waals surface area contributed by atoms with E-state index in [1.807, 2.05) is 30.3 Å². The summed E-state index contributed by atoms with van der Waals surface area (Å²) in [5.41, 5.74) is 2.78. The van der Waals surface area contributed by atoms with Crippen molar-refractivity contribution in [1.82, 2.24) is 0 Å². The third kappa shape index (κ3) is 8.41. The smallest absolute Gasteiger partial charge is 0.358 e. The molecule has 2 aromatic rings. The quantitative estimate of drug-likeness (QED) is 0.472. The van der Waals surface area contributed by atoms with Crippen LogP contribution < -0.4 is 0 Å². The summed E-state index contributed by atoms with van der Waals surface area (Å²) in [6.07, 6.45) is 0. The molecule has 15 heavy (non-hydrogen) atoms. The molecule has 0 saturated carbocycles. The molecule has 0 heterocycles. The minimum absolute atomic E-state index is 0. The van der Waals surface area contributed by atoms with Crippen LogP contribution in [0.2, 0.25) is 0 Å². The molecule has 0 unspecified atom stereocenters. The van der Waals surface area contributed by atoms with Crippen molar-refractivity contribution >= 4 is 0 Å². The minimum atomic E-state index is 0. The van der Waals surface area contributed by atoms with Gasteiger partial charge in [0.15, 0.2) is 0 Å². The van der Waals surface area contributed by atoms with Crippen LogP contribution in [-0.2, 0) is 21.7 Å². The van der Waals surface area contributed by atoms with Crippen LogP contribution in [0.4, 0.5) is 0 Å². The summed E-state index contributed by atoms with van der Waals surface area (Å²) < 4.78 is 0. The van der Waals surface area contributed by atoms with Crippen LogP contribution in [0.1, 0.15) is 11.1 Å². The SMILES string of the molecule is Cc1c[cH-]cc1C.[CH3-].[CH3-].[Ti+4].c1cc[cH-]c1. The first-order chi connectivity index (χ1) is 5.80. The maximum absolute atomic E-state index is 2.12. The van der Waals surface area contributed by atoms with E-state index in [9.17, 15) is 0 Å². The van der Waals surface area contributed by atoms with Crippen LogP contribution >= 0.6 is 0 Å². The van der Waals surface area contributed by atoms with Crippen molar-refractivity contribution in [3.05, 3.63) is 74.5 Å². The van der Waals surface area contributed by atoms with Gasteiger partial charge in [-0.15, -0.1) is 0 Å². The average molecular weight is 236 g/mol. The standard InChI is InChI=1S/C7H9.C5H5.2CH3.Ti/c1-6-4-3-5-7(6)2;1-2-4-5-3-1;;;/h3-5H,1-2H3;1-5H;2*1H3;/q4*-1;+4. The summed E-state index contributed by atoms with van der Waals surface area (Å²) in [4.78, 5) is 0. The third-order valence-corrected chi connectivity index (χ3v) is 1.87. The average Bonchev–Trinajstić information content (AvgIpc) is 2.67. The fourth-order valence-corrected chi connectivity index (χ4v) is 0.920. The molecular weight excluding hydrogens is 216 g/mol. The van der Waals surface area contributed by atoms with Gasteiger partial charge in [0.1, 0.15) is 0 Å². The molecule has 0 aliphatic rings. The predicted molar refractivity (Wildman–Crippen MR) is 66.4 cm³/mol. The fraction of sp³-hybridized carbons (Fsp3) is 0.143. The molecule has 80 valence electrons. The Kier molecular flexibility index (Phi) is 15.2. The molecule has 0 spiro atoms. The van der Waals surface area contributed by atoms with Gasteiger partial charge < -0.3 is 14.9 Å². The first-order valence-corrected chi connectivity index (χ1v) is 4.16. The number of hydrogen-bond acceptors (Lipinski definition) is 0. The van der Waals surface area contributed by atoms with E-state index in [-0.39, 0.29) is 36.6 Å². The van der Waals surface area contributed by atoms with Gasteiger partial charge in [0.2, 0.25) is 0 Å². The maximum atomic E-state index is 2.12. The molecule has 1 heteroatoms. The van der Waals surface area contributed by atoms with Gasteiger partial charge in [-0.25, -0.2) is 12.1 Å². The van der Waals surface area contributed by atoms with Gasteiger partial charge in [0, 0.05) is 0 Å². The van der Waals surface area contributed by atoms with Crippen LogP contribution in [0.5, 0.6) is 0 Å². The summed E-state index contributed by atoms with van der Waals surface area (Å²) in [5.74, 6) is 0. The Morgan fingerprint density at radius 3 is 1.33 bits per heavy atom. The number of aryl methyl sites for hydroxylation is 2. The second kappa shape index (κ2) is 11.5. The summed E-state index contributed by atoms with van der Waals surface area (Å²) in [7, 11) is 0. The van der Waals surface area contributed by atoms with E-state index in [1.54, 1.807) is 0 Å². The zero-order valence-corrected chi connectivity index (χ0v) is 11.7. The monoisotopic (exact) mass is 236 g/mol. The van der Waals surface area contributed by atoms with Crippen LogP contribution in [0, 0.1) is 28.7 Å². The predicted octanol–water partition coefficient (Wildman–Crippen LogP) is 4.33. The first-order valence-electron chi connectivity index (χ1n) is 4.16. The van der Waals surface area contributed by atoms with Crippen LogP contribution in [0.25, 0.3) is 0 Å². The van der Waals surface area contributed by atoms with E-state index in [0.29, 0.717) is 0 Å². The zero-order chi connectivity index (χ0) is 8.81. The molecule has 0 fully saturated rings. The molecule has 0 atom stereocenters. The van der Waals surface area contributed by atoms with Crippen molar-refractivity contribution < 1.29 is 21.7 Å². The van der Waals surface area contributed by atoms with E-state index in [0.717, 1.165) is 0 Å². The molecule has 0 N–H and O–H groups in total. The van der Waals surface area contributed by atoms with Gasteiger partial charge in [0.25, 0.3) is 0 Å². The first kappa shape index (κ1) is 19.9. The fourth-order valence-electron chi connectivity index (χ4n) is 0.920. The Balaban J connectivity index is -0.000000165. The zero-order valence-electron chi connectivity index (χ0n) is 10.1. The molecule has 0 radical (unpaired) electrons. The Morgan fingerprint density at radius 1 is 0.800 bits per heavy atom. The van der Waals surface area contributed by atoms with E-state index in [1.165, 1.54) is 11.1 Å². The molecular formula is C14H20Ti. The maximum Gasteiger partial charge on any atom is 4.00 e. The van der Waals surface area contributed by atoms with Crippen molar-refractivity contribution in [2.75, 3.05) is 0 Å². The summed E-state index contributed by atoms with van der Waals surface area (Å²) >= 11 is 0. The largest absolute Gasteiger partial charge is 4.00 e. The van der Waals surface area contributed by atoms with Crippen molar-refractivity contribution in [3.63, 3.8) is 0 Å². The molecule has 2 rings (SSSR count). The number of rotatable bonds is 0. The van der Waals surface area contributed by atoms with Gasteiger partial charge in [-0.3, -0.25) is 0 Å². The van der Waals surface area contributed by atoms with Crippen LogP contribution in [0.15, 0.2) is 48.5 Å². The molecule has 0 saturated heterocycles. The van der Waals surface area contributed by atoms with Crippen molar-refractivity contribution in [1.29, 1.82) is 0 Å². The van der Waals surface area contributed by atoms with E-state index < -0.39 is 0 Å². The molecule has 0 amide bonds. The van der Waals surface area contributed by atoms with Gasteiger partial charge in [-0.05, 0) is 0 Å². The van der Waals surface area contributed by atoms with Crippen molar-refractivity contribution in [3.8, 4) is 0 Å². The van der Waals surface area contributed by atoms with Crippen molar-refractivity contribution in [2.45, 2.75) is 13.8 Å². The van der Waals surface area contributed by atoms with E-state index in [2.05, 4.69) is 32.0 Å². The number of hydrogen-bond donors (Lipinski definition) is 0. The Labute approximate surface area is 110 Å². The molecule has 2 aromatic carbocycles. The van der Waals surface area contributed by atoms with Crippen LogP contribution in [0.3, 0.4) is 0 Å². The van der Waals surface area contributed by atoms with E-state index in [4.69, 9.17) is 0 Å². The van der Waals surface area contributed by atoms with Gasteiger partial charge >= 0.3 is 21.7 Å². The Bertz CT molecular complexity index is 257. The van der Waals surface area contributed by atoms with Gasteiger partial charge in [-0.1, -0.05) is 13.8 Å². The Hall–Kier alpha value is -0.586. The van der Waals surface area contributed by atoms with Gasteiger partial charge in [-0.2, -0.15) is 47.5 Å². The summed E-state index contributed by atoms with van der Waals surface area (Å²) in [6, 6.07) is 16.3. The van der Waals surface area contributed by atoms with E-state index >= 15 is 0 Å². The molecule has 0 bridgehead atoms. The second-order valence-corrected chi connectivity index (χ2v) is 2.85. The normalized spacial score (nSPS) is 7.07. The molecule has 0 nitrogen and oxygen atoms in total. The van der Waals surface area contributed by atoms with Gasteiger partial charge in [0.05, 0.1) is 0 Å². The third-order valence-electron chi connectivity index (χ3n) is 1.87. The topological polar surface area (TPSA) is 0 Å². The summed E-state index contributed by atoms with van der Waals surface area (Å²) in [6.45, 7) is 4.24. The minimum Gasteiger partial charge on any atom is -0.358 e.